The Kier molecular flexibility index (Phi) is 4.60. The van der Waals surface area contributed by atoms with Crippen LogP contribution in [0.1, 0.15) is 6.92 Å². The van der Waals surface area contributed by atoms with Gasteiger partial charge < -0.3 is 0 Å². The molecule has 0 atom stereocenters. The van der Waals surface area contributed by atoms with Crippen molar-refractivity contribution in [2.75, 3.05) is 0 Å². The minimum Gasteiger partial charge on any atom is -0.0840 e. The smallest absolute Gasteiger partial charge is 0.0767 e. The Morgan fingerprint density at radius 1 is 0.714 bits per heavy atom. The predicted octanol–water partition coefficient (Wildman–Crippen LogP) is 6.57. The second-order valence-electron chi connectivity index (χ2n) is 2.36. The zero-order valence-corrected chi connectivity index (χ0v) is 14.8. The third-order valence-electron chi connectivity index (χ3n) is 1.39. The lowest BCUT2D eigenvalue weighted by Crippen LogP contribution is -1.65. The van der Waals surface area contributed by atoms with Gasteiger partial charge in [-0.1, -0.05) is 47.0 Å². The van der Waals surface area contributed by atoms with Crippen LogP contribution in [0.15, 0.2) is 24.8 Å². The average Bonchev–Trinajstić information content (AvgIpc) is 2.60. The minimum absolute atomic E-state index is 1.17. The van der Waals surface area contributed by atoms with E-state index >= 15 is 0 Å². The molecule has 0 N–H and O–H groups in total. The molecule has 0 aromatic carbocycles. The molecule has 0 aliphatic carbocycles. The van der Waals surface area contributed by atoms with E-state index in [0.717, 1.165) is 0 Å². The lowest BCUT2D eigenvalue weighted by molar-refractivity contribution is 1.72. The van der Waals surface area contributed by atoms with Crippen molar-refractivity contribution in [3.05, 3.63) is 24.8 Å². The second-order valence-corrected chi connectivity index (χ2v) is 11.1. The van der Waals surface area contributed by atoms with Crippen LogP contribution in [-0.2, 0) is 0 Å². The van der Waals surface area contributed by atoms with Gasteiger partial charge in [0.2, 0.25) is 0 Å². The highest BCUT2D eigenvalue weighted by atomic mass is 79.9. The summed E-state index contributed by atoms with van der Waals surface area (Å²) in [5.74, 6) is 0. The van der Waals surface area contributed by atoms with E-state index in [2.05, 4.69) is 54.7 Å². The van der Waals surface area contributed by atoms with E-state index in [9.17, 15) is 0 Å². The molecule has 0 aromatic heterocycles. The van der Waals surface area contributed by atoms with E-state index in [1.54, 1.807) is 35.3 Å². The van der Waals surface area contributed by atoms with E-state index in [0.29, 0.717) is 0 Å². The summed E-state index contributed by atoms with van der Waals surface area (Å²) in [6.45, 7) is 2.14. The standard InChI is InChI=1S/C7H3Br3S4/c1-2-3(8)12-6(11-2)7-13-4(9)5(10)14-7/h1H3. The van der Waals surface area contributed by atoms with Gasteiger partial charge in [-0.25, -0.2) is 0 Å². The van der Waals surface area contributed by atoms with Gasteiger partial charge in [0, 0.05) is 4.91 Å². The maximum absolute atomic E-state index is 3.55. The van der Waals surface area contributed by atoms with Crippen molar-refractivity contribution < 1.29 is 0 Å². The highest BCUT2D eigenvalue weighted by molar-refractivity contribution is 9.17. The molecule has 0 saturated heterocycles. The van der Waals surface area contributed by atoms with Crippen molar-refractivity contribution in [1.82, 2.24) is 0 Å². The Bertz CT molecular complexity index is 314. The monoisotopic (exact) mass is 452 g/mol. The van der Waals surface area contributed by atoms with Crippen LogP contribution in [0.4, 0.5) is 0 Å². The predicted molar refractivity (Wildman–Crippen MR) is 83.9 cm³/mol. The van der Waals surface area contributed by atoms with Gasteiger partial charge in [-0.2, -0.15) is 0 Å². The summed E-state index contributed by atoms with van der Waals surface area (Å²) in [7, 11) is 0. The van der Waals surface area contributed by atoms with Crippen LogP contribution in [-0.4, -0.2) is 0 Å². The van der Waals surface area contributed by atoms with Gasteiger partial charge in [-0.15, -0.1) is 0 Å². The van der Waals surface area contributed by atoms with Crippen LogP contribution in [0.5, 0.6) is 0 Å². The van der Waals surface area contributed by atoms with Crippen LogP contribution in [0.3, 0.4) is 0 Å². The Hall–Kier alpha value is 2.06. The molecule has 76 valence electrons. The van der Waals surface area contributed by atoms with E-state index < -0.39 is 0 Å². The van der Waals surface area contributed by atoms with Crippen LogP contribution in [0, 0.1) is 0 Å². The molecule has 2 rings (SSSR count). The van der Waals surface area contributed by atoms with E-state index in [4.69, 9.17) is 0 Å². The molecule has 7 heteroatoms. The maximum atomic E-state index is 3.55. The molecule has 0 saturated carbocycles. The zero-order valence-electron chi connectivity index (χ0n) is 6.77. The third-order valence-corrected chi connectivity index (χ3v) is 10.7. The summed E-state index contributed by atoms with van der Waals surface area (Å²) in [5, 5.41) is 0. The van der Waals surface area contributed by atoms with Crippen molar-refractivity contribution in [2.45, 2.75) is 6.92 Å². The minimum atomic E-state index is 1.17. The number of hydrogen-bond donors (Lipinski definition) is 0. The number of thioether (sulfide) groups is 4. The van der Waals surface area contributed by atoms with E-state index in [-0.39, 0.29) is 0 Å². The van der Waals surface area contributed by atoms with Crippen LogP contribution >= 0.6 is 94.8 Å². The van der Waals surface area contributed by atoms with Crippen LogP contribution < -0.4 is 0 Å². The van der Waals surface area contributed by atoms with E-state index in [1.807, 2.05) is 11.8 Å². The first-order valence-corrected chi connectivity index (χ1v) is 9.09. The molecule has 0 bridgehead atoms. The number of halogens is 3. The maximum Gasteiger partial charge on any atom is 0.0767 e. The van der Waals surface area contributed by atoms with Crippen molar-refractivity contribution in [3.63, 3.8) is 0 Å². The molecule has 2 heterocycles. The largest absolute Gasteiger partial charge is 0.0840 e. The third kappa shape index (κ3) is 2.65. The van der Waals surface area contributed by atoms with Gasteiger partial charge in [-0.3, -0.25) is 0 Å². The molecule has 2 aliphatic heterocycles. The summed E-state index contributed by atoms with van der Waals surface area (Å²) >= 11 is 17.8. The second kappa shape index (κ2) is 5.14. The molecular formula is C7H3Br3S4. The first-order valence-electron chi connectivity index (χ1n) is 3.45. The van der Waals surface area contributed by atoms with Crippen molar-refractivity contribution in [3.8, 4) is 0 Å². The van der Waals surface area contributed by atoms with Crippen molar-refractivity contribution in [2.24, 2.45) is 0 Å². The lowest BCUT2D eigenvalue weighted by Gasteiger charge is -1.99. The highest BCUT2D eigenvalue weighted by Crippen LogP contribution is 2.62. The lowest BCUT2D eigenvalue weighted by atomic mass is 10.8. The highest BCUT2D eigenvalue weighted by Gasteiger charge is 2.26. The molecule has 2 aliphatic rings. The van der Waals surface area contributed by atoms with Gasteiger partial charge in [0.25, 0.3) is 0 Å². The summed E-state index contributed by atoms with van der Waals surface area (Å²) < 4.78 is 6.31. The first-order chi connectivity index (χ1) is 6.58. The molecule has 0 amide bonds. The van der Waals surface area contributed by atoms with E-state index in [1.165, 1.54) is 24.8 Å². The van der Waals surface area contributed by atoms with Gasteiger partial charge in [-0.05, 0) is 54.7 Å². The van der Waals surface area contributed by atoms with Gasteiger partial charge >= 0.3 is 0 Å². The van der Waals surface area contributed by atoms with Crippen molar-refractivity contribution >= 4 is 94.8 Å². The summed E-state index contributed by atoms with van der Waals surface area (Å²) in [6, 6.07) is 0. The SMILES string of the molecule is CC1=C(Br)SC(=C2SC(Br)=C(Br)S2)S1. The van der Waals surface area contributed by atoms with Gasteiger partial charge in [0.05, 0.1) is 19.9 Å². The number of hydrogen-bond acceptors (Lipinski definition) is 4. The molecule has 0 nitrogen and oxygen atoms in total. The van der Waals surface area contributed by atoms with Crippen molar-refractivity contribution in [1.29, 1.82) is 0 Å². The van der Waals surface area contributed by atoms with Crippen LogP contribution in [0.25, 0.3) is 0 Å². The molecule has 0 unspecified atom stereocenters. The molecule has 0 fully saturated rings. The Morgan fingerprint density at radius 3 is 1.57 bits per heavy atom. The van der Waals surface area contributed by atoms with Gasteiger partial charge in [0.15, 0.2) is 0 Å². The number of allylic oxidation sites excluding steroid dienone is 1. The first kappa shape index (κ1) is 12.5. The fraction of sp³-hybridized carbons (Fsp3) is 0.143. The van der Waals surface area contributed by atoms with Crippen LogP contribution in [0.2, 0.25) is 0 Å². The summed E-state index contributed by atoms with van der Waals surface area (Å²) in [6.07, 6.45) is 0. The Balaban J connectivity index is 2.17. The molecule has 0 radical (unpaired) electrons. The molecule has 0 spiro atoms. The fourth-order valence-electron chi connectivity index (χ4n) is 0.784. The number of rotatable bonds is 0. The average molecular weight is 455 g/mol. The molecular weight excluding hydrogens is 452 g/mol. The summed E-state index contributed by atoms with van der Waals surface area (Å²) in [5.41, 5.74) is 0. The Morgan fingerprint density at radius 2 is 1.14 bits per heavy atom. The Labute approximate surface area is 125 Å². The fourth-order valence-corrected chi connectivity index (χ4v) is 8.38. The summed E-state index contributed by atoms with van der Waals surface area (Å²) in [4.78, 5) is 1.35. The normalized spacial score (nSPS) is 23.1. The quantitative estimate of drug-likeness (QED) is 0.405. The van der Waals surface area contributed by atoms with Gasteiger partial charge in [0.1, 0.15) is 0 Å². The molecule has 14 heavy (non-hydrogen) atoms. The topological polar surface area (TPSA) is 0 Å². The zero-order chi connectivity index (χ0) is 10.3. The molecule has 0 aromatic rings.